The van der Waals surface area contributed by atoms with Crippen molar-refractivity contribution in [3.8, 4) is 5.75 Å². The molecular weight excluding hydrogens is 478 g/mol. The Morgan fingerprint density at radius 2 is 1.89 bits per heavy atom. The minimum atomic E-state index is -0.289. The van der Waals surface area contributed by atoms with Crippen molar-refractivity contribution in [3.63, 3.8) is 0 Å². The van der Waals surface area contributed by atoms with Crippen LogP contribution < -0.4 is 10.1 Å². The minimum absolute atomic E-state index is 0.0442. The fraction of sp³-hybridized carbons (Fsp3) is 0.548. The lowest BCUT2D eigenvalue weighted by Gasteiger charge is -2.34. The Kier molecular flexibility index (Phi) is 9.80. The number of ether oxygens (including phenoxy) is 1. The van der Waals surface area contributed by atoms with Crippen LogP contribution in [-0.2, 0) is 22.6 Å². The van der Waals surface area contributed by atoms with Gasteiger partial charge in [0.15, 0.2) is 0 Å². The summed E-state index contributed by atoms with van der Waals surface area (Å²) in [7, 11) is 2.08. The van der Waals surface area contributed by atoms with Crippen LogP contribution in [0.2, 0.25) is 0 Å². The molecule has 0 bridgehead atoms. The van der Waals surface area contributed by atoms with Gasteiger partial charge < -0.3 is 20.1 Å². The van der Waals surface area contributed by atoms with E-state index in [2.05, 4.69) is 36.3 Å². The van der Waals surface area contributed by atoms with Crippen LogP contribution in [0.1, 0.15) is 57.1 Å². The van der Waals surface area contributed by atoms with Gasteiger partial charge in [0.25, 0.3) is 0 Å². The average molecular weight is 522 g/mol. The molecule has 4 rings (SSSR count). The van der Waals surface area contributed by atoms with Gasteiger partial charge in [-0.25, -0.2) is 0 Å². The SMILES string of the molecule is C[C@@H]1CN([C@H](C)CO)C(=O)Cc2cc(NC(=O)C3CCCCC3)ccc2O[C@@H]1CN(C)Cc1ccccc1. The number of hydrogen-bond acceptors (Lipinski definition) is 5. The largest absolute Gasteiger partial charge is 0.488 e. The highest BCUT2D eigenvalue weighted by Crippen LogP contribution is 2.30. The van der Waals surface area contributed by atoms with Gasteiger partial charge in [-0.15, -0.1) is 0 Å². The zero-order valence-corrected chi connectivity index (χ0v) is 23.1. The van der Waals surface area contributed by atoms with E-state index in [0.29, 0.717) is 24.5 Å². The number of aliphatic hydroxyl groups is 1. The van der Waals surface area contributed by atoms with E-state index in [1.165, 1.54) is 12.0 Å². The molecule has 1 fully saturated rings. The second kappa shape index (κ2) is 13.3. The van der Waals surface area contributed by atoms with Crippen molar-refractivity contribution in [3.05, 3.63) is 59.7 Å². The third kappa shape index (κ3) is 7.35. The summed E-state index contributed by atoms with van der Waals surface area (Å²) in [6, 6.07) is 15.7. The third-order valence-electron chi connectivity index (χ3n) is 7.95. The number of hydrogen-bond donors (Lipinski definition) is 2. The van der Waals surface area contributed by atoms with Crippen LogP contribution in [0.15, 0.2) is 48.5 Å². The van der Waals surface area contributed by atoms with Gasteiger partial charge in [0.2, 0.25) is 11.8 Å². The van der Waals surface area contributed by atoms with E-state index in [4.69, 9.17) is 4.74 Å². The van der Waals surface area contributed by atoms with E-state index < -0.39 is 0 Å². The molecule has 206 valence electrons. The highest BCUT2D eigenvalue weighted by Gasteiger charge is 2.31. The van der Waals surface area contributed by atoms with E-state index in [-0.39, 0.29) is 48.8 Å². The number of carbonyl (C=O) groups is 2. The summed E-state index contributed by atoms with van der Waals surface area (Å²) in [5.74, 6) is 0.792. The fourth-order valence-electron chi connectivity index (χ4n) is 5.60. The lowest BCUT2D eigenvalue weighted by molar-refractivity contribution is -0.134. The summed E-state index contributed by atoms with van der Waals surface area (Å²) in [4.78, 5) is 30.3. The Hall–Kier alpha value is -2.90. The minimum Gasteiger partial charge on any atom is -0.488 e. The Morgan fingerprint density at radius 1 is 1.16 bits per heavy atom. The van der Waals surface area contributed by atoms with E-state index in [0.717, 1.165) is 37.8 Å². The number of nitrogens with one attached hydrogen (secondary N) is 1. The number of anilines is 1. The van der Waals surface area contributed by atoms with Crippen LogP contribution >= 0.6 is 0 Å². The van der Waals surface area contributed by atoms with E-state index >= 15 is 0 Å². The van der Waals surface area contributed by atoms with Gasteiger partial charge in [0.05, 0.1) is 19.1 Å². The van der Waals surface area contributed by atoms with Crippen molar-refractivity contribution < 1.29 is 19.4 Å². The summed E-state index contributed by atoms with van der Waals surface area (Å²) >= 11 is 0. The van der Waals surface area contributed by atoms with E-state index in [1.807, 2.05) is 43.3 Å². The number of rotatable bonds is 8. The van der Waals surface area contributed by atoms with Crippen molar-refractivity contribution in [2.24, 2.45) is 11.8 Å². The van der Waals surface area contributed by atoms with Crippen molar-refractivity contribution in [2.75, 3.05) is 32.1 Å². The zero-order chi connectivity index (χ0) is 27.1. The maximum atomic E-state index is 13.4. The van der Waals surface area contributed by atoms with Crippen LogP contribution in [-0.4, -0.2) is 65.6 Å². The van der Waals surface area contributed by atoms with E-state index in [1.54, 1.807) is 4.90 Å². The summed E-state index contributed by atoms with van der Waals surface area (Å²) in [6.45, 7) is 5.87. The van der Waals surface area contributed by atoms with Crippen LogP contribution in [0.5, 0.6) is 5.75 Å². The standard InChI is InChI=1S/C31H43N3O4/c1-22-18-34(23(2)21-35)30(36)17-26-16-27(32-31(37)25-12-8-5-9-13-25)14-15-28(26)38-29(22)20-33(3)19-24-10-6-4-7-11-24/h4,6-7,10-11,14-16,22-23,25,29,35H,5,8-9,12-13,17-21H2,1-3H3,(H,32,37)/t22-,23-,29-/m1/s1. The molecule has 7 heteroatoms. The summed E-state index contributed by atoms with van der Waals surface area (Å²) in [5, 5.41) is 13.0. The molecule has 3 atom stereocenters. The van der Waals surface area contributed by atoms with Gasteiger partial charge in [0, 0.05) is 42.7 Å². The maximum absolute atomic E-state index is 13.4. The molecule has 0 aromatic heterocycles. The Morgan fingerprint density at radius 3 is 2.61 bits per heavy atom. The van der Waals surface area contributed by atoms with Crippen LogP contribution in [0.25, 0.3) is 0 Å². The second-order valence-electron chi connectivity index (χ2n) is 11.2. The monoisotopic (exact) mass is 521 g/mol. The van der Waals surface area contributed by atoms with Gasteiger partial charge in [-0.1, -0.05) is 56.5 Å². The second-order valence-corrected chi connectivity index (χ2v) is 11.2. The lowest BCUT2D eigenvalue weighted by atomic mass is 9.88. The highest BCUT2D eigenvalue weighted by molar-refractivity contribution is 5.93. The van der Waals surface area contributed by atoms with Crippen molar-refractivity contribution in [1.29, 1.82) is 0 Å². The molecular formula is C31H43N3O4. The number of nitrogens with zero attached hydrogens (tertiary/aromatic N) is 2. The highest BCUT2D eigenvalue weighted by atomic mass is 16.5. The molecule has 0 saturated heterocycles. The molecule has 1 aliphatic carbocycles. The predicted molar refractivity (Wildman–Crippen MR) is 150 cm³/mol. The average Bonchev–Trinajstić information content (AvgIpc) is 2.97. The van der Waals surface area contributed by atoms with E-state index in [9.17, 15) is 14.7 Å². The maximum Gasteiger partial charge on any atom is 0.227 e. The molecule has 2 N–H and O–H groups in total. The van der Waals surface area contributed by atoms with Crippen LogP contribution in [0, 0.1) is 11.8 Å². The predicted octanol–water partition coefficient (Wildman–Crippen LogP) is 4.49. The first-order valence-corrected chi connectivity index (χ1v) is 14.1. The first-order valence-electron chi connectivity index (χ1n) is 14.1. The summed E-state index contributed by atoms with van der Waals surface area (Å²) in [6.07, 6.45) is 5.26. The molecule has 0 spiro atoms. The molecule has 1 saturated carbocycles. The zero-order valence-electron chi connectivity index (χ0n) is 23.1. The molecule has 2 aromatic rings. The fourth-order valence-corrected chi connectivity index (χ4v) is 5.60. The van der Waals surface area contributed by atoms with Gasteiger partial charge in [0.1, 0.15) is 11.9 Å². The number of aliphatic hydroxyl groups excluding tert-OH is 1. The smallest absolute Gasteiger partial charge is 0.227 e. The van der Waals surface area contributed by atoms with Crippen molar-refractivity contribution in [2.45, 2.75) is 71.1 Å². The Bertz CT molecular complexity index is 1070. The molecule has 0 radical (unpaired) electrons. The molecule has 1 aliphatic heterocycles. The van der Waals surface area contributed by atoms with Gasteiger partial charge >= 0.3 is 0 Å². The first-order chi connectivity index (χ1) is 18.3. The number of benzene rings is 2. The van der Waals surface area contributed by atoms with Crippen molar-refractivity contribution >= 4 is 17.5 Å². The normalized spacial score (nSPS) is 21.6. The summed E-state index contributed by atoms with van der Waals surface area (Å²) < 4.78 is 6.63. The van der Waals surface area contributed by atoms with Crippen molar-refractivity contribution in [1.82, 2.24) is 9.80 Å². The number of carbonyl (C=O) groups excluding carboxylic acids is 2. The van der Waals surface area contributed by atoms with Gasteiger partial charge in [-0.3, -0.25) is 14.5 Å². The molecule has 2 aliphatic rings. The molecule has 38 heavy (non-hydrogen) atoms. The Balaban J connectivity index is 1.57. The lowest BCUT2D eigenvalue weighted by Crippen LogP contribution is -2.47. The van der Waals surface area contributed by atoms with Crippen LogP contribution in [0.4, 0.5) is 5.69 Å². The number of amides is 2. The Labute approximate surface area is 227 Å². The molecule has 1 heterocycles. The quantitative estimate of drug-likeness (QED) is 0.535. The van der Waals surface area contributed by atoms with Gasteiger partial charge in [-0.05, 0) is 50.6 Å². The third-order valence-corrected chi connectivity index (χ3v) is 7.95. The topological polar surface area (TPSA) is 82.1 Å². The summed E-state index contributed by atoms with van der Waals surface area (Å²) in [5.41, 5.74) is 2.69. The van der Waals surface area contributed by atoms with Crippen LogP contribution in [0.3, 0.4) is 0 Å². The molecule has 2 aromatic carbocycles. The molecule has 7 nitrogen and oxygen atoms in total. The molecule has 0 unspecified atom stereocenters. The first kappa shape index (κ1) is 28.1. The van der Waals surface area contributed by atoms with Gasteiger partial charge in [-0.2, -0.15) is 0 Å². The number of likely N-dealkylation sites (N-methyl/N-ethyl adjacent to an activating group) is 1. The number of fused-ring (bicyclic) bond motifs is 1. The molecule has 2 amide bonds.